The summed E-state index contributed by atoms with van der Waals surface area (Å²) in [4.78, 5) is 0. The number of hydrogen-bond donors (Lipinski definition) is 2. The number of ether oxygens (including phenoxy) is 2. The van der Waals surface area contributed by atoms with Crippen LogP contribution in [0.25, 0.3) is 43.1 Å². The smallest absolute Gasteiger partial charge is 0.224 e. The van der Waals surface area contributed by atoms with E-state index >= 15 is 0 Å². The van der Waals surface area contributed by atoms with E-state index in [1.807, 2.05) is 84.9 Å². The molecule has 0 radical (unpaired) electrons. The van der Waals surface area contributed by atoms with Crippen LogP contribution in [-0.2, 0) is 26.5 Å². The minimum absolute atomic E-state index is 0.457. The van der Waals surface area contributed by atoms with Gasteiger partial charge in [-0.1, -0.05) is 146 Å². The van der Waals surface area contributed by atoms with Crippen molar-refractivity contribution in [3.63, 3.8) is 0 Å². The van der Waals surface area contributed by atoms with Crippen LogP contribution >= 0.6 is 0 Å². The molecule has 1 saturated heterocycles. The van der Waals surface area contributed by atoms with Crippen LogP contribution in [0.1, 0.15) is 22.3 Å². The zero-order valence-corrected chi connectivity index (χ0v) is 26.8. The van der Waals surface area contributed by atoms with Gasteiger partial charge in [-0.05, 0) is 78.5 Å². The Kier molecular flexibility index (Phi) is 6.90. The molecular formula is C45H34O4. The molecule has 2 unspecified atom stereocenters. The second-order valence-electron chi connectivity index (χ2n) is 13.0. The van der Waals surface area contributed by atoms with Crippen molar-refractivity contribution in [2.24, 2.45) is 0 Å². The van der Waals surface area contributed by atoms with Crippen LogP contribution in [0.4, 0.5) is 0 Å². The highest BCUT2D eigenvalue weighted by Crippen LogP contribution is 2.61. The summed E-state index contributed by atoms with van der Waals surface area (Å²) in [5, 5.41) is 32.0. The molecule has 0 spiro atoms. The van der Waals surface area contributed by atoms with Gasteiger partial charge in [0.05, 0.1) is 13.2 Å². The van der Waals surface area contributed by atoms with Crippen LogP contribution in [0.3, 0.4) is 0 Å². The molecule has 2 atom stereocenters. The van der Waals surface area contributed by atoms with E-state index in [1.54, 1.807) is 0 Å². The maximum Gasteiger partial charge on any atom is 0.224 e. The van der Waals surface area contributed by atoms with Crippen LogP contribution in [0.15, 0.2) is 170 Å². The molecule has 0 bridgehead atoms. The molecule has 9 rings (SSSR count). The Hall–Kier alpha value is -5.36. The first-order valence-corrected chi connectivity index (χ1v) is 16.7. The maximum absolute atomic E-state index is 11.8. The lowest BCUT2D eigenvalue weighted by atomic mass is 9.73. The third-order valence-electron chi connectivity index (χ3n) is 10.4. The predicted molar refractivity (Wildman–Crippen MR) is 196 cm³/mol. The molecule has 1 aliphatic rings. The summed E-state index contributed by atoms with van der Waals surface area (Å²) in [5.41, 5.74) is -0.136. The van der Waals surface area contributed by atoms with Gasteiger partial charge in [-0.25, -0.2) is 0 Å². The molecule has 0 saturated carbocycles. The summed E-state index contributed by atoms with van der Waals surface area (Å²) in [6.07, 6.45) is 0. The van der Waals surface area contributed by atoms with E-state index in [0.717, 1.165) is 54.2 Å². The Bertz CT molecular complexity index is 2350. The predicted octanol–water partition coefficient (Wildman–Crippen LogP) is 9.32. The minimum Gasteiger partial charge on any atom is -0.393 e. The lowest BCUT2D eigenvalue weighted by Gasteiger charge is -2.41. The Morgan fingerprint density at radius 2 is 0.592 bits per heavy atom. The SMILES string of the molecule is OCC1(c2ccc3ccccc3c2)OC(c2ccc3ccccc3c2)(c2ccc3ccccc3c2)OC1(CO)c1ccc2ccccc2c1. The van der Waals surface area contributed by atoms with Crippen LogP contribution < -0.4 is 0 Å². The lowest BCUT2D eigenvalue weighted by Crippen LogP contribution is -2.52. The van der Waals surface area contributed by atoms with E-state index in [0.29, 0.717) is 11.1 Å². The van der Waals surface area contributed by atoms with Gasteiger partial charge in [0, 0.05) is 11.1 Å². The molecule has 1 aliphatic heterocycles. The van der Waals surface area contributed by atoms with E-state index in [2.05, 4.69) is 84.9 Å². The van der Waals surface area contributed by atoms with Gasteiger partial charge in [0.2, 0.25) is 5.79 Å². The van der Waals surface area contributed by atoms with Crippen molar-refractivity contribution in [3.05, 3.63) is 192 Å². The fourth-order valence-electron chi connectivity index (χ4n) is 7.83. The van der Waals surface area contributed by atoms with Crippen molar-refractivity contribution in [2.45, 2.75) is 17.0 Å². The molecule has 1 heterocycles. The summed E-state index contributed by atoms with van der Waals surface area (Å²) in [6, 6.07) is 57.2. The largest absolute Gasteiger partial charge is 0.393 e. The average Bonchev–Trinajstić information content (AvgIpc) is 3.51. The van der Waals surface area contributed by atoms with Crippen molar-refractivity contribution in [1.82, 2.24) is 0 Å². The highest BCUT2D eigenvalue weighted by molar-refractivity contribution is 5.86. The zero-order valence-electron chi connectivity index (χ0n) is 26.8. The summed E-state index contributed by atoms with van der Waals surface area (Å²) < 4.78 is 15.1. The number of hydrogen-bond acceptors (Lipinski definition) is 4. The van der Waals surface area contributed by atoms with Crippen molar-refractivity contribution >= 4 is 43.1 Å². The molecule has 4 heteroatoms. The standard InChI is InChI=1S/C45H34O4/c46-29-43(39-21-17-31-9-1-5-13-35(31)25-39)44(30-47,40-22-18-32-10-2-6-14-36(32)26-40)49-45(48-43,41-23-19-33-11-3-7-15-37(33)27-41)42-24-20-34-12-4-8-16-38(34)28-42/h1-28,46-47H,29-30H2. The third kappa shape index (κ3) is 4.46. The van der Waals surface area contributed by atoms with Crippen molar-refractivity contribution < 1.29 is 19.7 Å². The van der Waals surface area contributed by atoms with Gasteiger partial charge in [0.1, 0.15) is 0 Å². The first kappa shape index (κ1) is 29.8. The summed E-state index contributed by atoms with van der Waals surface area (Å²) in [7, 11) is 0. The molecule has 2 N–H and O–H groups in total. The highest BCUT2D eigenvalue weighted by atomic mass is 16.8. The quantitative estimate of drug-likeness (QED) is 0.191. The first-order valence-electron chi connectivity index (χ1n) is 16.7. The monoisotopic (exact) mass is 638 g/mol. The van der Waals surface area contributed by atoms with Gasteiger partial charge in [-0.15, -0.1) is 0 Å². The van der Waals surface area contributed by atoms with Crippen LogP contribution in [0, 0.1) is 0 Å². The van der Waals surface area contributed by atoms with Crippen molar-refractivity contribution in [3.8, 4) is 0 Å². The highest BCUT2D eigenvalue weighted by Gasteiger charge is 2.69. The van der Waals surface area contributed by atoms with Crippen molar-refractivity contribution in [2.75, 3.05) is 13.2 Å². The number of aliphatic hydroxyl groups excluding tert-OH is 2. The topological polar surface area (TPSA) is 58.9 Å². The summed E-state index contributed by atoms with van der Waals surface area (Å²) in [6.45, 7) is -0.913. The number of benzene rings is 8. The van der Waals surface area contributed by atoms with Gasteiger partial charge < -0.3 is 19.7 Å². The van der Waals surface area contributed by atoms with E-state index in [4.69, 9.17) is 9.47 Å². The first-order chi connectivity index (χ1) is 24.1. The van der Waals surface area contributed by atoms with Crippen LogP contribution in [0.2, 0.25) is 0 Å². The second kappa shape index (κ2) is 11.4. The molecule has 4 nitrogen and oxygen atoms in total. The number of fused-ring (bicyclic) bond motifs is 4. The van der Waals surface area contributed by atoms with E-state index in [9.17, 15) is 10.2 Å². The Labute approximate surface area is 284 Å². The van der Waals surface area contributed by atoms with Crippen molar-refractivity contribution in [1.29, 1.82) is 0 Å². The molecule has 1 fully saturated rings. The number of aliphatic hydroxyl groups is 2. The molecule has 0 amide bonds. The molecule has 0 aliphatic carbocycles. The molecule has 49 heavy (non-hydrogen) atoms. The molecule has 0 aromatic heterocycles. The van der Waals surface area contributed by atoms with Gasteiger partial charge in [-0.2, -0.15) is 0 Å². The average molecular weight is 639 g/mol. The Balaban J connectivity index is 1.38. The summed E-state index contributed by atoms with van der Waals surface area (Å²) >= 11 is 0. The Morgan fingerprint density at radius 1 is 0.327 bits per heavy atom. The molecule has 238 valence electrons. The van der Waals surface area contributed by atoms with Gasteiger partial charge in [0.25, 0.3) is 0 Å². The van der Waals surface area contributed by atoms with Gasteiger partial charge >= 0.3 is 0 Å². The van der Waals surface area contributed by atoms with E-state index in [1.165, 1.54) is 0 Å². The van der Waals surface area contributed by atoms with Crippen LogP contribution in [0.5, 0.6) is 0 Å². The number of rotatable bonds is 6. The second-order valence-corrected chi connectivity index (χ2v) is 13.0. The van der Waals surface area contributed by atoms with Gasteiger partial charge in [0.15, 0.2) is 11.2 Å². The minimum atomic E-state index is -1.54. The lowest BCUT2D eigenvalue weighted by molar-refractivity contribution is -0.183. The zero-order chi connectivity index (χ0) is 33.1. The van der Waals surface area contributed by atoms with Crippen LogP contribution in [-0.4, -0.2) is 23.4 Å². The molecule has 8 aromatic rings. The molecule has 8 aromatic carbocycles. The fraction of sp³-hybridized carbons (Fsp3) is 0.111. The Morgan fingerprint density at radius 3 is 0.898 bits per heavy atom. The fourth-order valence-corrected chi connectivity index (χ4v) is 7.83. The van der Waals surface area contributed by atoms with Gasteiger partial charge in [-0.3, -0.25) is 0 Å². The van der Waals surface area contributed by atoms with E-state index in [-0.39, 0.29) is 0 Å². The maximum atomic E-state index is 11.8. The van der Waals surface area contributed by atoms with E-state index < -0.39 is 30.2 Å². The third-order valence-corrected chi connectivity index (χ3v) is 10.4. The molecular weight excluding hydrogens is 604 g/mol. The summed E-state index contributed by atoms with van der Waals surface area (Å²) in [5.74, 6) is -1.53. The normalized spacial score (nSPS) is 20.4.